The molecule has 1 N–H and O–H groups in total. The molecule has 2 aromatic rings. The molecule has 126 valence electrons. The summed E-state index contributed by atoms with van der Waals surface area (Å²) in [6, 6.07) is 12.4. The third-order valence-electron chi connectivity index (χ3n) is 3.80. The summed E-state index contributed by atoms with van der Waals surface area (Å²) < 4.78 is 10.3. The van der Waals surface area contributed by atoms with E-state index in [0.29, 0.717) is 29.2 Å². The van der Waals surface area contributed by atoms with Gasteiger partial charge in [-0.3, -0.25) is 4.79 Å². The van der Waals surface area contributed by atoms with E-state index in [2.05, 4.69) is 11.9 Å². The molecule has 0 fully saturated rings. The molecule has 2 aromatic carbocycles. The minimum absolute atomic E-state index is 0.226. The van der Waals surface area contributed by atoms with Crippen LogP contribution in [0.1, 0.15) is 21.5 Å². The normalized spacial score (nSPS) is 14.0. The monoisotopic (exact) mass is 335 g/mol. The van der Waals surface area contributed by atoms with Crippen molar-refractivity contribution in [2.24, 2.45) is 0 Å². The van der Waals surface area contributed by atoms with Gasteiger partial charge in [-0.05, 0) is 24.3 Å². The van der Waals surface area contributed by atoms with Crippen molar-refractivity contribution in [3.05, 3.63) is 71.8 Å². The largest absolute Gasteiger partial charge is 0.489 e. The van der Waals surface area contributed by atoms with E-state index in [1.165, 1.54) is 7.11 Å². The Hall–Kier alpha value is -3.34. The first-order chi connectivity index (χ1) is 12.1. The first-order valence-corrected chi connectivity index (χ1v) is 7.72. The molecule has 0 aliphatic carbocycles. The molecule has 0 atom stereocenters. The van der Waals surface area contributed by atoms with E-state index in [9.17, 15) is 9.59 Å². The Bertz CT molecular complexity index is 883. The van der Waals surface area contributed by atoms with Crippen LogP contribution in [0, 0.1) is 0 Å². The zero-order valence-corrected chi connectivity index (χ0v) is 13.7. The quantitative estimate of drug-likeness (QED) is 0.516. The second kappa shape index (κ2) is 7.05. The second-order valence-electron chi connectivity index (χ2n) is 5.40. The Morgan fingerprint density at radius 2 is 2.04 bits per heavy atom. The Morgan fingerprint density at radius 3 is 2.80 bits per heavy atom. The van der Waals surface area contributed by atoms with Gasteiger partial charge in [0.15, 0.2) is 0 Å². The van der Waals surface area contributed by atoms with Crippen LogP contribution in [0.25, 0.3) is 11.6 Å². The van der Waals surface area contributed by atoms with E-state index >= 15 is 0 Å². The maximum Gasteiger partial charge on any atom is 0.337 e. The Labute approximate surface area is 145 Å². The summed E-state index contributed by atoms with van der Waals surface area (Å²) in [6.45, 7) is 4.02. The van der Waals surface area contributed by atoms with Crippen LogP contribution >= 0.6 is 0 Å². The number of esters is 1. The highest BCUT2D eigenvalue weighted by Crippen LogP contribution is 2.35. The number of methoxy groups -OCH3 is 1. The molecule has 1 aliphatic rings. The summed E-state index contributed by atoms with van der Waals surface area (Å²) in [5.41, 5.74) is 3.01. The van der Waals surface area contributed by atoms with Gasteiger partial charge in [-0.25, -0.2) is 4.79 Å². The molecule has 1 amide bonds. The number of fused-ring (bicyclic) bond motifs is 1. The minimum Gasteiger partial charge on any atom is -0.489 e. The number of ether oxygens (including phenoxy) is 2. The smallest absolute Gasteiger partial charge is 0.337 e. The topological polar surface area (TPSA) is 64.6 Å². The maximum absolute atomic E-state index is 12.4. The Balaban J connectivity index is 2.00. The molecule has 5 nitrogen and oxygen atoms in total. The van der Waals surface area contributed by atoms with Crippen molar-refractivity contribution >= 4 is 29.2 Å². The van der Waals surface area contributed by atoms with Crippen molar-refractivity contribution in [3.63, 3.8) is 0 Å². The van der Waals surface area contributed by atoms with Crippen molar-refractivity contribution < 1.29 is 19.1 Å². The number of amides is 1. The van der Waals surface area contributed by atoms with Gasteiger partial charge in [-0.1, -0.05) is 36.9 Å². The van der Waals surface area contributed by atoms with Crippen LogP contribution in [-0.4, -0.2) is 25.6 Å². The van der Waals surface area contributed by atoms with Gasteiger partial charge >= 0.3 is 5.97 Å². The van der Waals surface area contributed by atoms with Crippen molar-refractivity contribution in [1.29, 1.82) is 0 Å². The average Bonchev–Trinajstić information content (AvgIpc) is 2.95. The van der Waals surface area contributed by atoms with Gasteiger partial charge in [0.1, 0.15) is 12.4 Å². The van der Waals surface area contributed by atoms with Crippen molar-refractivity contribution in [2.75, 3.05) is 19.0 Å². The number of para-hydroxylation sites is 1. The third kappa shape index (κ3) is 3.30. The number of carbonyl (C=O) groups excluding carboxylic acids is 2. The fourth-order valence-electron chi connectivity index (χ4n) is 2.62. The Kier molecular flexibility index (Phi) is 4.66. The number of carbonyl (C=O) groups is 2. The summed E-state index contributed by atoms with van der Waals surface area (Å²) in [7, 11) is 1.32. The average molecular weight is 335 g/mol. The van der Waals surface area contributed by atoms with E-state index < -0.39 is 5.97 Å². The summed E-state index contributed by atoms with van der Waals surface area (Å²) in [5, 5.41) is 2.78. The molecule has 3 rings (SSSR count). The number of nitrogens with one attached hydrogen (secondary N) is 1. The third-order valence-corrected chi connectivity index (χ3v) is 3.80. The number of benzene rings is 2. The first-order valence-electron chi connectivity index (χ1n) is 7.72. The van der Waals surface area contributed by atoms with Crippen LogP contribution < -0.4 is 10.1 Å². The fraction of sp³-hybridized carbons (Fsp3) is 0.100. The lowest BCUT2D eigenvalue weighted by molar-refractivity contribution is -0.110. The van der Waals surface area contributed by atoms with E-state index in [1.807, 2.05) is 24.3 Å². The number of rotatable bonds is 5. The number of hydrogen-bond donors (Lipinski definition) is 1. The zero-order valence-electron chi connectivity index (χ0n) is 13.7. The minimum atomic E-state index is -0.447. The molecule has 0 spiro atoms. The van der Waals surface area contributed by atoms with E-state index in [4.69, 9.17) is 9.47 Å². The highest BCUT2D eigenvalue weighted by molar-refractivity contribution is 6.35. The zero-order chi connectivity index (χ0) is 17.8. The summed E-state index contributed by atoms with van der Waals surface area (Å²) in [4.78, 5) is 24.0. The van der Waals surface area contributed by atoms with E-state index in [-0.39, 0.29) is 5.91 Å². The van der Waals surface area contributed by atoms with E-state index in [1.54, 1.807) is 30.4 Å². The van der Waals surface area contributed by atoms with Gasteiger partial charge in [0.2, 0.25) is 0 Å². The Morgan fingerprint density at radius 1 is 1.24 bits per heavy atom. The van der Waals surface area contributed by atoms with Crippen LogP contribution in [0.5, 0.6) is 5.75 Å². The van der Waals surface area contributed by atoms with Crippen molar-refractivity contribution in [3.8, 4) is 5.75 Å². The number of anilines is 1. The van der Waals surface area contributed by atoms with Gasteiger partial charge in [-0.2, -0.15) is 0 Å². The molecule has 0 bridgehead atoms. The highest BCUT2D eigenvalue weighted by atomic mass is 16.5. The molecular formula is C20H17NO4. The molecule has 1 heterocycles. The summed E-state index contributed by atoms with van der Waals surface area (Å²) in [6.07, 6.45) is 3.44. The summed E-state index contributed by atoms with van der Waals surface area (Å²) in [5.74, 6) is -0.00415. The van der Waals surface area contributed by atoms with Crippen molar-refractivity contribution in [1.82, 2.24) is 0 Å². The number of hydrogen-bond acceptors (Lipinski definition) is 4. The van der Waals surface area contributed by atoms with Gasteiger partial charge in [0, 0.05) is 22.4 Å². The second-order valence-corrected chi connectivity index (χ2v) is 5.40. The van der Waals surface area contributed by atoms with Crippen LogP contribution in [0.2, 0.25) is 0 Å². The molecule has 0 saturated carbocycles. The van der Waals surface area contributed by atoms with Gasteiger partial charge in [0.25, 0.3) is 5.91 Å². The lowest BCUT2D eigenvalue weighted by Gasteiger charge is -2.07. The lowest BCUT2D eigenvalue weighted by Crippen LogP contribution is -2.04. The summed E-state index contributed by atoms with van der Waals surface area (Å²) >= 11 is 0. The molecule has 0 aromatic heterocycles. The molecule has 1 aliphatic heterocycles. The first kappa shape index (κ1) is 16.5. The molecule has 5 heteroatoms. The fourth-order valence-corrected chi connectivity index (χ4v) is 2.62. The molecule has 25 heavy (non-hydrogen) atoms. The van der Waals surface area contributed by atoms with Gasteiger partial charge in [0.05, 0.1) is 12.7 Å². The van der Waals surface area contributed by atoms with Crippen molar-refractivity contribution in [2.45, 2.75) is 0 Å². The maximum atomic E-state index is 12.4. The molecule has 0 saturated heterocycles. The van der Waals surface area contributed by atoms with Crippen LogP contribution in [0.3, 0.4) is 0 Å². The predicted octanol–water partition coefficient (Wildman–Crippen LogP) is 3.53. The van der Waals surface area contributed by atoms with Crippen LogP contribution in [0.4, 0.5) is 5.69 Å². The van der Waals surface area contributed by atoms with E-state index in [0.717, 1.165) is 11.1 Å². The highest BCUT2D eigenvalue weighted by Gasteiger charge is 2.25. The molecular weight excluding hydrogens is 318 g/mol. The molecule has 0 unspecified atom stereocenters. The SMILES string of the molecule is C=CCOc1ccccc1C=C1C(=O)Nc2cc(C(=O)OC)ccc21. The van der Waals surface area contributed by atoms with Crippen LogP contribution in [0.15, 0.2) is 55.1 Å². The lowest BCUT2D eigenvalue weighted by atomic mass is 10.0. The van der Waals surface area contributed by atoms with Gasteiger partial charge < -0.3 is 14.8 Å². The van der Waals surface area contributed by atoms with Gasteiger partial charge in [-0.15, -0.1) is 0 Å². The standard InChI is InChI=1S/C20H17NO4/c1-3-10-25-18-7-5-4-6-13(18)11-16-15-9-8-14(20(23)24-2)12-17(15)21-19(16)22/h3-9,11-12H,1,10H2,2H3,(H,21,22). The molecule has 0 radical (unpaired) electrons. The predicted molar refractivity (Wildman–Crippen MR) is 96.4 cm³/mol. The van der Waals surface area contributed by atoms with Crippen LogP contribution in [-0.2, 0) is 9.53 Å².